The summed E-state index contributed by atoms with van der Waals surface area (Å²) in [5, 5.41) is 0. The van der Waals surface area contributed by atoms with Gasteiger partial charge in [-0.05, 0) is 145 Å². The van der Waals surface area contributed by atoms with Crippen LogP contribution in [0.5, 0.6) is 11.5 Å². The smallest absolute Gasteiger partial charge is 0.414 e. The van der Waals surface area contributed by atoms with Crippen LogP contribution in [0.25, 0.3) is 0 Å². The molecule has 0 heterocycles. The first-order valence-corrected chi connectivity index (χ1v) is 29.0. The Kier molecular flexibility index (Phi) is 20.6. The number of benzene rings is 6. The fraction of sp³-hybridized carbons (Fsp3) is 0.471. The third-order valence-corrected chi connectivity index (χ3v) is 17.3. The normalized spacial score (nSPS) is 19.1. The highest BCUT2D eigenvalue weighted by Gasteiger charge is 2.46. The predicted octanol–water partition coefficient (Wildman–Crippen LogP) is 20.1. The van der Waals surface area contributed by atoms with Crippen molar-refractivity contribution in [2.24, 2.45) is 11.8 Å². The third-order valence-electron chi connectivity index (χ3n) is 17.3. The van der Waals surface area contributed by atoms with Crippen molar-refractivity contribution in [1.82, 2.24) is 0 Å². The van der Waals surface area contributed by atoms with Crippen LogP contribution in [0, 0.1) is 11.8 Å². The van der Waals surface area contributed by atoms with Gasteiger partial charge < -0.3 is 14.2 Å². The molecule has 0 aliphatic heterocycles. The molecule has 2 atom stereocenters. The van der Waals surface area contributed by atoms with Gasteiger partial charge in [0.2, 0.25) is 0 Å². The molecule has 2 saturated carbocycles. The van der Waals surface area contributed by atoms with Crippen LogP contribution in [0.1, 0.15) is 182 Å². The molecule has 8 rings (SSSR count). The van der Waals surface area contributed by atoms with E-state index in [4.69, 9.17) is 14.2 Å². The number of methoxy groups -OCH3 is 2. The summed E-state index contributed by atoms with van der Waals surface area (Å²) in [7, 11) is 1.77. The van der Waals surface area contributed by atoms with Gasteiger partial charge in [-0.1, -0.05) is 174 Å². The second-order valence-electron chi connectivity index (χ2n) is 22.6. The van der Waals surface area contributed by atoms with E-state index in [2.05, 4.69) is 13.8 Å². The van der Waals surface area contributed by atoms with Crippen LogP contribution in [0.3, 0.4) is 0 Å². The molecule has 0 bridgehead atoms. The lowest BCUT2D eigenvalue weighted by atomic mass is 9.77. The summed E-state index contributed by atoms with van der Waals surface area (Å²) in [5.41, 5.74) is -0.380. The molecule has 2 aliphatic carbocycles. The molecule has 0 saturated heterocycles. The number of hydrogen-bond donors (Lipinski definition) is 0. The summed E-state index contributed by atoms with van der Waals surface area (Å²) in [6.45, 7) is 4.36. The maximum Gasteiger partial charge on any atom is 0.414 e. The minimum Gasteiger partial charge on any atom is -0.456 e. The number of hydrogen-bond acceptors (Lipinski definition) is 3. The van der Waals surface area contributed by atoms with Gasteiger partial charge in [-0.3, -0.25) is 0 Å². The van der Waals surface area contributed by atoms with Crippen LogP contribution >= 0.6 is 0 Å². The molecular weight excluding hydrogens is 1050 g/mol. The first kappa shape index (κ1) is 61.4. The molecule has 81 heavy (non-hydrogen) atoms. The van der Waals surface area contributed by atoms with Crippen molar-refractivity contribution >= 4 is 0 Å². The third kappa shape index (κ3) is 15.1. The first-order valence-electron chi connectivity index (χ1n) is 29.0. The van der Waals surface area contributed by atoms with Gasteiger partial charge in [-0.25, -0.2) is 0 Å². The summed E-state index contributed by atoms with van der Waals surface area (Å²) < 4.78 is 176. The van der Waals surface area contributed by atoms with Gasteiger partial charge in [0, 0.05) is 38.2 Å². The Balaban J connectivity index is 1.29. The number of unbranched alkanes of at least 4 members (excludes halogenated alkanes) is 2. The Morgan fingerprint density at radius 2 is 0.778 bits per heavy atom. The van der Waals surface area contributed by atoms with E-state index in [0.29, 0.717) is 23.0 Å². The standard InChI is InChI=1S/C68H76F10O3/c1-5-7-15-45-21-29-49(30-22-45)51-33-25-47(26-34-51)41-57-53(43-61(79-3)67(73,74)75)37-39-59(63(57)65(69,70)55-17-11-9-12-18-55)81-60-40-38-54(44-62(80-4)68(76,77)78)58(64(60)66(71,72)56-19-13-10-14-20-56)42-48-27-35-52(36-28-48)50-31-23-46(24-32-50)16-8-6-2/h9-14,17-20,25-28,33-40,45-46,49-50,61-62H,5-8,15-16,21-24,29-32,41-44H2,1-4H3. The van der Waals surface area contributed by atoms with Crippen LogP contribution in [-0.2, 0) is 47.0 Å². The average Bonchev–Trinajstić information content (AvgIpc) is 3.49. The predicted molar refractivity (Wildman–Crippen MR) is 300 cm³/mol. The van der Waals surface area contributed by atoms with Crippen LogP contribution in [0.15, 0.2) is 133 Å². The molecule has 2 unspecified atom stereocenters. The van der Waals surface area contributed by atoms with Crippen molar-refractivity contribution in [1.29, 1.82) is 0 Å². The van der Waals surface area contributed by atoms with Gasteiger partial charge in [0.1, 0.15) is 11.5 Å². The van der Waals surface area contributed by atoms with Crippen LogP contribution in [-0.4, -0.2) is 38.8 Å². The molecular formula is C68H76F10O3. The van der Waals surface area contributed by atoms with Crippen molar-refractivity contribution in [3.05, 3.63) is 200 Å². The molecule has 0 spiro atoms. The topological polar surface area (TPSA) is 27.7 Å². The van der Waals surface area contributed by atoms with Crippen molar-refractivity contribution in [2.45, 2.75) is 178 Å². The molecule has 3 nitrogen and oxygen atoms in total. The monoisotopic (exact) mass is 1130 g/mol. The molecule has 6 aromatic carbocycles. The van der Waals surface area contributed by atoms with E-state index >= 15 is 17.6 Å². The van der Waals surface area contributed by atoms with E-state index in [1.54, 1.807) is 24.3 Å². The Labute approximate surface area is 471 Å². The van der Waals surface area contributed by atoms with Gasteiger partial charge >= 0.3 is 24.2 Å². The quantitative estimate of drug-likeness (QED) is 0.0565. The Morgan fingerprint density at radius 1 is 0.432 bits per heavy atom. The van der Waals surface area contributed by atoms with E-state index in [1.807, 2.05) is 24.3 Å². The molecule has 2 fully saturated rings. The molecule has 0 N–H and O–H groups in total. The van der Waals surface area contributed by atoms with Crippen molar-refractivity contribution in [3.8, 4) is 11.5 Å². The summed E-state index contributed by atoms with van der Waals surface area (Å²) >= 11 is 0. The van der Waals surface area contributed by atoms with Crippen molar-refractivity contribution in [3.63, 3.8) is 0 Å². The van der Waals surface area contributed by atoms with Gasteiger partial charge in [-0.2, -0.15) is 43.9 Å². The molecule has 13 heteroatoms. The van der Waals surface area contributed by atoms with Crippen molar-refractivity contribution in [2.75, 3.05) is 14.2 Å². The molecule has 0 aromatic heterocycles. The van der Waals surface area contributed by atoms with Crippen LogP contribution in [0.2, 0.25) is 0 Å². The second kappa shape index (κ2) is 27.2. The molecule has 436 valence electrons. The minimum atomic E-state index is -4.90. The highest BCUT2D eigenvalue weighted by atomic mass is 19.4. The number of halogens is 10. The van der Waals surface area contributed by atoms with Gasteiger partial charge in [0.25, 0.3) is 0 Å². The summed E-state index contributed by atoms with van der Waals surface area (Å²) in [6, 6.07) is 32.8. The molecule has 2 aliphatic rings. The fourth-order valence-electron chi connectivity index (χ4n) is 12.5. The zero-order valence-electron chi connectivity index (χ0n) is 46.9. The Bertz CT molecular complexity index is 2710. The Morgan fingerprint density at radius 3 is 1.09 bits per heavy atom. The van der Waals surface area contributed by atoms with E-state index in [9.17, 15) is 26.3 Å². The van der Waals surface area contributed by atoms with Crippen molar-refractivity contribution < 1.29 is 58.1 Å². The van der Waals surface area contributed by atoms with E-state index in [-0.39, 0.29) is 46.9 Å². The molecule has 0 radical (unpaired) electrons. The lowest BCUT2D eigenvalue weighted by Crippen LogP contribution is -2.33. The van der Waals surface area contributed by atoms with E-state index in [0.717, 1.165) is 126 Å². The first-order chi connectivity index (χ1) is 38.7. The van der Waals surface area contributed by atoms with Gasteiger partial charge in [-0.15, -0.1) is 0 Å². The maximum absolute atomic E-state index is 18.0. The van der Waals surface area contributed by atoms with Gasteiger partial charge in [0.05, 0.1) is 11.1 Å². The number of rotatable bonds is 24. The van der Waals surface area contributed by atoms with Crippen LogP contribution in [0.4, 0.5) is 43.9 Å². The fourth-order valence-corrected chi connectivity index (χ4v) is 12.5. The zero-order chi connectivity index (χ0) is 58.0. The number of alkyl halides is 10. The largest absolute Gasteiger partial charge is 0.456 e. The second-order valence-corrected chi connectivity index (χ2v) is 22.6. The minimum absolute atomic E-state index is 0.136. The van der Waals surface area contributed by atoms with Crippen LogP contribution < -0.4 is 4.74 Å². The lowest BCUT2D eigenvalue weighted by Gasteiger charge is -2.30. The maximum atomic E-state index is 18.0. The van der Waals surface area contributed by atoms with E-state index in [1.165, 1.54) is 74.2 Å². The highest BCUT2D eigenvalue weighted by molar-refractivity contribution is 5.58. The summed E-state index contributed by atoms with van der Waals surface area (Å²) in [6.07, 6.45) is -1.61. The lowest BCUT2D eigenvalue weighted by molar-refractivity contribution is -0.212. The molecule has 6 aromatic rings. The summed E-state index contributed by atoms with van der Waals surface area (Å²) in [5.74, 6) is -7.42. The van der Waals surface area contributed by atoms with E-state index < -0.39 is 83.0 Å². The number of ether oxygens (including phenoxy) is 3. The van der Waals surface area contributed by atoms with Gasteiger partial charge in [0.15, 0.2) is 12.2 Å². The summed E-state index contributed by atoms with van der Waals surface area (Å²) in [4.78, 5) is 0. The molecule has 0 amide bonds. The highest BCUT2D eigenvalue weighted by Crippen LogP contribution is 2.51. The average molecular weight is 1130 g/mol. The SMILES string of the molecule is CCCCC1CCC(c2ccc(Cc3c(CC(OC)C(F)(F)F)ccc(Oc4ccc(CC(OC)C(F)(F)F)c(Cc5ccc(C6CCC(CCCC)CC6)cc5)c4C(F)(F)c4ccccc4)c3C(F)(F)c3ccccc3)cc2)CC1. The zero-order valence-corrected chi connectivity index (χ0v) is 46.9. The Hall–Kier alpha value is -5.66.